The van der Waals surface area contributed by atoms with Gasteiger partial charge in [0.1, 0.15) is 0 Å². The van der Waals surface area contributed by atoms with E-state index in [0.717, 1.165) is 34.4 Å². The van der Waals surface area contributed by atoms with Crippen molar-refractivity contribution in [1.82, 2.24) is 4.90 Å². The molecule has 2 aromatic carbocycles. The predicted octanol–water partition coefficient (Wildman–Crippen LogP) is 5.43. The first-order chi connectivity index (χ1) is 11.2. The van der Waals surface area contributed by atoms with Gasteiger partial charge < -0.3 is 10.0 Å². The molecule has 0 aromatic heterocycles. The summed E-state index contributed by atoms with van der Waals surface area (Å²) in [5.74, 6) is 0. The molecule has 0 fully saturated rings. The lowest BCUT2D eigenvalue weighted by molar-refractivity contribution is 0.112. The Balaban J connectivity index is 2.18. The minimum atomic E-state index is -0.481. The summed E-state index contributed by atoms with van der Waals surface area (Å²) in [5, 5.41) is 13.6. The second-order valence-corrected chi connectivity index (χ2v) is 6.61. The van der Waals surface area contributed by atoms with Crippen LogP contribution >= 0.6 is 11.6 Å². The number of nitrogens with zero attached hydrogens (tertiary/aromatic N) is 1. The quantitative estimate of drug-likeness (QED) is 0.661. The van der Waals surface area contributed by atoms with Crippen molar-refractivity contribution in [2.45, 2.75) is 45.6 Å². The molecule has 1 unspecified atom stereocenters. The van der Waals surface area contributed by atoms with E-state index in [4.69, 9.17) is 11.6 Å². The van der Waals surface area contributed by atoms with Gasteiger partial charge in [-0.15, -0.1) is 0 Å². The number of aliphatic hydroxyl groups excluding tert-OH is 1. The van der Waals surface area contributed by atoms with Crippen molar-refractivity contribution >= 4 is 22.4 Å². The van der Waals surface area contributed by atoms with Crippen LogP contribution in [-0.2, 0) is 0 Å². The van der Waals surface area contributed by atoms with E-state index in [1.807, 2.05) is 36.4 Å². The fourth-order valence-corrected chi connectivity index (χ4v) is 3.22. The van der Waals surface area contributed by atoms with Crippen LogP contribution in [0, 0.1) is 0 Å². The molecular weight excluding hydrogens is 306 g/mol. The van der Waals surface area contributed by atoms with Gasteiger partial charge in [-0.25, -0.2) is 0 Å². The first kappa shape index (κ1) is 18.3. The van der Waals surface area contributed by atoms with Crippen LogP contribution < -0.4 is 0 Å². The number of unbranched alkanes of at least 4 members (excludes halogenated alkanes) is 2. The van der Waals surface area contributed by atoms with Crippen LogP contribution in [0.4, 0.5) is 0 Å². The number of hydrogen-bond donors (Lipinski definition) is 1. The van der Waals surface area contributed by atoms with Gasteiger partial charge in [0.2, 0.25) is 0 Å². The molecule has 0 heterocycles. The van der Waals surface area contributed by atoms with Crippen molar-refractivity contribution in [3.63, 3.8) is 0 Å². The highest BCUT2D eigenvalue weighted by Gasteiger charge is 2.16. The summed E-state index contributed by atoms with van der Waals surface area (Å²) in [6.07, 6.45) is 4.24. The van der Waals surface area contributed by atoms with Gasteiger partial charge in [-0.2, -0.15) is 0 Å². The Kier molecular flexibility index (Phi) is 7.35. The highest BCUT2D eigenvalue weighted by Crippen LogP contribution is 2.29. The lowest BCUT2D eigenvalue weighted by Gasteiger charge is -2.25. The largest absolute Gasteiger partial charge is 0.387 e. The van der Waals surface area contributed by atoms with Crippen LogP contribution in [0.1, 0.15) is 51.2 Å². The molecule has 0 saturated carbocycles. The second-order valence-electron chi connectivity index (χ2n) is 6.21. The summed E-state index contributed by atoms with van der Waals surface area (Å²) in [4.78, 5) is 2.39. The zero-order valence-electron chi connectivity index (χ0n) is 14.3. The molecular formula is C20H28ClNO. The molecule has 1 atom stereocenters. The van der Waals surface area contributed by atoms with Crippen molar-refractivity contribution < 1.29 is 5.11 Å². The average molecular weight is 334 g/mol. The highest BCUT2D eigenvalue weighted by molar-refractivity contribution is 6.35. The van der Waals surface area contributed by atoms with E-state index in [1.54, 1.807) is 0 Å². The normalized spacial score (nSPS) is 12.9. The lowest BCUT2D eigenvalue weighted by Crippen LogP contribution is -2.30. The van der Waals surface area contributed by atoms with Gasteiger partial charge >= 0.3 is 0 Å². The Morgan fingerprint density at radius 2 is 1.57 bits per heavy atom. The molecule has 2 nitrogen and oxygen atoms in total. The first-order valence-electron chi connectivity index (χ1n) is 8.75. The Hall–Kier alpha value is -1.09. The Labute approximate surface area is 145 Å². The molecule has 0 bridgehead atoms. The number of rotatable bonds is 9. The van der Waals surface area contributed by atoms with Crippen molar-refractivity contribution in [2.24, 2.45) is 0 Å². The van der Waals surface area contributed by atoms with Crippen molar-refractivity contribution in [2.75, 3.05) is 19.6 Å². The van der Waals surface area contributed by atoms with Crippen molar-refractivity contribution in [1.29, 1.82) is 0 Å². The number of fused-ring (bicyclic) bond motifs is 1. The molecule has 2 aromatic rings. The fourth-order valence-electron chi connectivity index (χ4n) is 2.99. The minimum Gasteiger partial charge on any atom is -0.387 e. The van der Waals surface area contributed by atoms with Gasteiger partial charge in [0, 0.05) is 17.0 Å². The Morgan fingerprint density at radius 3 is 2.22 bits per heavy atom. The zero-order valence-corrected chi connectivity index (χ0v) is 15.0. The Bertz CT molecular complexity index is 606. The van der Waals surface area contributed by atoms with Crippen molar-refractivity contribution in [3.05, 3.63) is 47.0 Å². The molecule has 0 aliphatic heterocycles. The number of benzene rings is 2. The summed E-state index contributed by atoms with van der Waals surface area (Å²) in [6.45, 7) is 7.21. The average Bonchev–Trinajstić information content (AvgIpc) is 2.57. The molecule has 0 aliphatic carbocycles. The molecule has 0 spiro atoms. The predicted molar refractivity (Wildman–Crippen MR) is 100 cm³/mol. The van der Waals surface area contributed by atoms with Crippen LogP contribution in [0.3, 0.4) is 0 Å². The second kappa shape index (κ2) is 9.27. The van der Waals surface area contributed by atoms with Gasteiger partial charge in [0.25, 0.3) is 0 Å². The molecule has 126 valence electrons. The fraction of sp³-hybridized carbons (Fsp3) is 0.500. The maximum Gasteiger partial charge on any atom is 0.0922 e. The van der Waals surface area contributed by atoms with Crippen molar-refractivity contribution in [3.8, 4) is 0 Å². The molecule has 3 heteroatoms. The van der Waals surface area contributed by atoms with Crippen LogP contribution in [-0.4, -0.2) is 29.6 Å². The smallest absolute Gasteiger partial charge is 0.0922 e. The standard InChI is InChI=1S/C20H28ClNO/c1-3-5-13-22(14-6-4-2)15-20(23)18-11-7-10-17-16(18)9-8-12-19(17)21/h7-12,20,23H,3-6,13-15H2,1-2H3. The van der Waals surface area contributed by atoms with Gasteiger partial charge in [-0.3, -0.25) is 0 Å². The topological polar surface area (TPSA) is 23.5 Å². The first-order valence-corrected chi connectivity index (χ1v) is 9.12. The van der Waals surface area contributed by atoms with Crippen LogP contribution in [0.5, 0.6) is 0 Å². The molecule has 23 heavy (non-hydrogen) atoms. The molecule has 2 rings (SSSR count). The van der Waals surface area contributed by atoms with E-state index in [1.165, 1.54) is 25.7 Å². The third kappa shape index (κ3) is 4.94. The maximum absolute atomic E-state index is 10.8. The van der Waals surface area contributed by atoms with E-state index in [-0.39, 0.29) is 0 Å². The SMILES string of the molecule is CCCCN(CCCC)CC(O)c1cccc2c(Cl)cccc12. The molecule has 0 amide bonds. The Morgan fingerprint density at radius 1 is 0.957 bits per heavy atom. The van der Waals surface area contributed by atoms with Gasteiger partial charge in [0.15, 0.2) is 0 Å². The third-order valence-corrected chi connectivity index (χ3v) is 4.68. The van der Waals surface area contributed by atoms with Crippen LogP contribution in [0.25, 0.3) is 10.8 Å². The molecule has 1 N–H and O–H groups in total. The number of hydrogen-bond acceptors (Lipinski definition) is 2. The summed E-state index contributed by atoms with van der Waals surface area (Å²) in [6, 6.07) is 11.9. The lowest BCUT2D eigenvalue weighted by atomic mass is 10.00. The molecule has 0 radical (unpaired) electrons. The molecule has 0 aliphatic rings. The number of halogens is 1. The maximum atomic E-state index is 10.8. The van der Waals surface area contributed by atoms with Crippen LogP contribution in [0.15, 0.2) is 36.4 Å². The van der Waals surface area contributed by atoms with Gasteiger partial charge in [-0.05, 0) is 42.9 Å². The highest BCUT2D eigenvalue weighted by atomic mass is 35.5. The van der Waals surface area contributed by atoms with Crippen LogP contribution in [0.2, 0.25) is 5.02 Å². The number of aliphatic hydroxyl groups is 1. The van der Waals surface area contributed by atoms with Gasteiger partial charge in [0.05, 0.1) is 6.10 Å². The van der Waals surface area contributed by atoms with E-state index < -0.39 is 6.10 Å². The van der Waals surface area contributed by atoms with E-state index >= 15 is 0 Å². The van der Waals surface area contributed by atoms with E-state index in [2.05, 4.69) is 18.7 Å². The van der Waals surface area contributed by atoms with E-state index in [9.17, 15) is 5.11 Å². The molecule has 0 saturated heterocycles. The summed E-state index contributed by atoms with van der Waals surface area (Å²) >= 11 is 6.28. The zero-order chi connectivity index (χ0) is 16.7. The van der Waals surface area contributed by atoms with Gasteiger partial charge in [-0.1, -0.05) is 68.6 Å². The summed E-state index contributed by atoms with van der Waals surface area (Å²) in [5.41, 5.74) is 0.975. The van der Waals surface area contributed by atoms with E-state index in [0.29, 0.717) is 6.54 Å². The minimum absolute atomic E-state index is 0.481. The summed E-state index contributed by atoms with van der Waals surface area (Å²) in [7, 11) is 0. The monoisotopic (exact) mass is 333 g/mol. The summed E-state index contributed by atoms with van der Waals surface area (Å²) < 4.78 is 0. The third-order valence-electron chi connectivity index (χ3n) is 4.35.